The molecule has 2 aromatic carbocycles. The van der Waals surface area contributed by atoms with Gasteiger partial charge in [0, 0.05) is 30.0 Å². The van der Waals surface area contributed by atoms with Gasteiger partial charge in [-0.2, -0.15) is 0 Å². The maximum absolute atomic E-state index is 13.0. The first kappa shape index (κ1) is 20.1. The number of rotatable bonds is 6. The van der Waals surface area contributed by atoms with Crippen molar-refractivity contribution < 1.29 is 18.9 Å². The molecular weight excluding hydrogens is 399 g/mol. The second kappa shape index (κ2) is 9.02. The Labute approximate surface area is 168 Å². The van der Waals surface area contributed by atoms with Gasteiger partial charge in [0.15, 0.2) is 0 Å². The number of carbonyl (C=O) groups excluding carboxylic acids is 2. The highest BCUT2D eigenvalue weighted by Crippen LogP contribution is 2.24. The fraction of sp³-hybridized carbons (Fsp3) is 0.105. The number of carbonyl (C=O) groups is 2. The number of hydrogen-bond acceptors (Lipinski definition) is 6. The molecule has 10 heteroatoms. The molecular formula is C19H15FN4O4S. The van der Waals surface area contributed by atoms with Crippen LogP contribution in [0.5, 0.6) is 0 Å². The third-order valence-corrected chi connectivity index (χ3v) is 4.80. The Morgan fingerprint density at radius 1 is 1.10 bits per heavy atom. The molecule has 8 nitrogen and oxygen atoms in total. The summed E-state index contributed by atoms with van der Waals surface area (Å²) >= 11 is 1.39. The summed E-state index contributed by atoms with van der Waals surface area (Å²) in [6, 6.07) is 11.5. The number of amides is 2. The molecule has 2 N–H and O–H groups in total. The smallest absolute Gasteiger partial charge is 0.313 e. The number of benzene rings is 2. The van der Waals surface area contributed by atoms with Gasteiger partial charge in [-0.25, -0.2) is 9.37 Å². The van der Waals surface area contributed by atoms with Gasteiger partial charge in [-0.1, -0.05) is 12.1 Å². The molecule has 29 heavy (non-hydrogen) atoms. The van der Waals surface area contributed by atoms with E-state index in [9.17, 15) is 24.1 Å². The van der Waals surface area contributed by atoms with Crippen LogP contribution in [-0.2, 0) is 16.0 Å². The van der Waals surface area contributed by atoms with E-state index in [1.165, 1.54) is 47.7 Å². The number of halogens is 1. The van der Waals surface area contributed by atoms with Crippen molar-refractivity contribution in [3.8, 4) is 10.6 Å². The first-order valence-corrected chi connectivity index (χ1v) is 9.35. The Morgan fingerprint density at radius 3 is 2.55 bits per heavy atom. The van der Waals surface area contributed by atoms with Crippen LogP contribution in [-0.4, -0.2) is 28.3 Å². The standard InChI is InChI=1S/C19H15FN4O4S/c20-13-7-5-12(6-8-13)19-22-14(11-29-19)9-10-21-17(25)18(26)23-15-3-1-2-4-16(15)24(27)28/h1-8,11H,9-10H2,(H,21,25)(H,23,26). The van der Waals surface area contributed by atoms with Crippen molar-refractivity contribution in [2.45, 2.75) is 6.42 Å². The largest absolute Gasteiger partial charge is 0.347 e. The summed E-state index contributed by atoms with van der Waals surface area (Å²) in [6.07, 6.45) is 0.391. The molecule has 0 bridgehead atoms. The number of thiazole rings is 1. The van der Waals surface area contributed by atoms with E-state index in [-0.39, 0.29) is 23.7 Å². The third kappa shape index (κ3) is 5.20. The van der Waals surface area contributed by atoms with Crippen molar-refractivity contribution in [2.24, 2.45) is 0 Å². The number of anilines is 1. The average Bonchev–Trinajstić information content (AvgIpc) is 3.17. The molecule has 0 fully saturated rings. The van der Waals surface area contributed by atoms with Gasteiger partial charge in [-0.05, 0) is 30.3 Å². The van der Waals surface area contributed by atoms with Gasteiger partial charge in [0.2, 0.25) is 0 Å². The van der Waals surface area contributed by atoms with Crippen LogP contribution in [0.15, 0.2) is 53.9 Å². The Morgan fingerprint density at radius 2 is 1.83 bits per heavy atom. The summed E-state index contributed by atoms with van der Waals surface area (Å²) in [5.74, 6) is -2.23. The monoisotopic (exact) mass is 414 g/mol. The molecule has 3 rings (SSSR count). The van der Waals surface area contributed by atoms with Crippen molar-refractivity contribution in [3.05, 3.63) is 75.5 Å². The van der Waals surface area contributed by atoms with E-state index >= 15 is 0 Å². The lowest BCUT2D eigenvalue weighted by molar-refractivity contribution is -0.383. The van der Waals surface area contributed by atoms with Crippen molar-refractivity contribution in [1.29, 1.82) is 0 Å². The molecule has 0 atom stereocenters. The van der Waals surface area contributed by atoms with E-state index in [1.807, 2.05) is 5.38 Å². The normalized spacial score (nSPS) is 10.4. The average molecular weight is 414 g/mol. The van der Waals surface area contributed by atoms with E-state index in [2.05, 4.69) is 15.6 Å². The van der Waals surface area contributed by atoms with Crippen molar-refractivity contribution in [3.63, 3.8) is 0 Å². The van der Waals surface area contributed by atoms with Gasteiger partial charge < -0.3 is 10.6 Å². The summed E-state index contributed by atoms with van der Waals surface area (Å²) in [7, 11) is 0. The Balaban J connectivity index is 1.52. The molecule has 2 amide bonds. The molecule has 0 radical (unpaired) electrons. The van der Waals surface area contributed by atoms with E-state index in [0.717, 1.165) is 10.6 Å². The highest BCUT2D eigenvalue weighted by atomic mass is 32.1. The predicted molar refractivity (Wildman–Crippen MR) is 106 cm³/mol. The third-order valence-electron chi connectivity index (χ3n) is 3.86. The van der Waals surface area contributed by atoms with Crippen molar-refractivity contribution >= 4 is 34.5 Å². The second-order valence-electron chi connectivity index (χ2n) is 5.89. The SMILES string of the molecule is O=C(NCCc1csc(-c2ccc(F)cc2)n1)C(=O)Nc1ccccc1[N+](=O)[O-]. The summed E-state index contributed by atoms with van der Waals surface area (Å²) in [5.41, 5.74) is 1.15. The maximum atomic E-state index is 13.0. The highest BCUT2D eigenvalue weighted by Gasteiger charge is 2.19. The van der Waals surface area contributed by atoms with Gasteiger partial charge >= 0.3 is 11.8 Å². The van der Waals surface area contributed by atoms with Gasteiger partial charge in [0.1, 0.15) is 16.5 Å². The van der Waals surface area contributed by atoms with Crippen LogP contribution < -0.4 is 10.6 Å². The number of aromatic nitrogens is 1. The van der Waals surface area contributed by atoms with E-state index in [1.54, 1.807) is 12.1 Å². The molecule has 0 aliphatic heterocycles. The van der Waals surface area contributed by atoms with Crippen LogP contribution in [0.25, 0.3) is 10.6 Å². The number of nitrogens with zero attached hydrogens (tertiary/aromatic N) is 2. The van der Waals surface area contributed by atoms with Crippen LogP contribution in [0.2, 0.25) is 0 Å². The van der Waals surface area contributed by atoms with Gasteiger partial charge in [-0.15, -0.1) is 11.3 Å². The summed E-state index contributed by atoms with van der Waals surface area (Å²) in [5, 5.41) is 18.2. The fourth-order valence-corrected chi connectivity index (χ4v) is 3.31. The van der Waals surface area contributed by atoms with Gasteiger partial charge in [0.25, 0.3) is 5.69 Å². The van der Waals surface area contributed by atoms with E-state index in [4.69, 9.17) is 0 Å². The van der Waals surface area contributed by atoms with Crippen LogP contribution in [0.1, 0.15) is 5.69 Å². The zero-order valence-corrected chi connectivity index (χ0v) is 15.7. The zero-order chi connectivity index (χ0) is 20.8. The van der Waals surface area contributed by atoms with Gasteiger partial charge in [0.05, 0.1) is 10.6 Å². The number of hydrogen-bond donors (Lipinski definition) is 2. The van der Waals surface area contributed by atoms with Crippen LogP contribution >= 0.6 is 11.3 Å². The Kier molecular flexibility index (Phi) is 6.25. The predicted octanol–water partition coefficient (Wildman–Crippen LogP) is 3.15. The minimum absolute atomic E-state index is 0.0545. The summed E-state index contributed by atoms with van der Waals surface area (Å²) in [6.45, 7) is 0.162. The quantitative estimate of drug-likeness (QED) is 0.365. The molecule has 0 aliphatic rings. The molecule has 148 valence electrons. The molecule has 0 saturated heterocycles. The second-order valence-corrected chi connectivity index (χ2v) is 6.74. The molecule has 1 aromatic heterocycles. The summed E-state index contributed by atoms with van der Waals surface area (Å²) < 4.78 is 13.0. The molecule has 0 aliphatic carbocycles. The summed E-state index contributed by atoms with van der Waals surface area (Å²) in [4.78, 5) is 38.6. The van der Waals surface area contributed by atoms with E-state index in [0.29, 0.717) is 12.1 Å². The molecule has 0 spiro atoms. The Bertz CT molecular complexity index is 1050. The lowest BCUT2D eigenvalue weighted by Crippen LogP contribution is -2.36. The minimum Gasteiger partial charge on any atom is -0.347 e. The Hall–Kier alpha value is -3.66. The van der Waals surface area contributed by atoms with Crippen LogP contribution in [0, 0.1) is 15.9 Å². The fourth-order valence-electron chi connectivity index (χ4n) is 2.45. The first-order chi connectivity index (χ1) is 13.9. The minimum atomic E-state index is -0.996. The van der Waals surface area contributed by atoms with Crippen molar-refractivity contribution in [1.82, 2.24) is 10.3 Å². The van der Waals surface area contributed by atoms with E-state index < -0.39 is 16.7 Å². The van der Waals surface area contributed by atoms with Crippen LogP contribution in [0.3, 0.4) is 0 Å². The molecule has 0 saturated carbocycles. The maximum Gasteiger partial charge on any atom is 0.313 e. The number of nitro groups is 1. The van der Waals surface area contributed by atoms with Crippen LogP contribution in [0.4, 0.5) is 15.8 Å². The number of nitrogens with one attached hydrogen (secondary N) is 2. The first-order valence-electron chi connectivity index (χ1n) is 8.47. The molecule has 1 heterocycles. The highest BCUT2D eigenvalue weighted by molar-refractivity contribution is 7.13. The number of para-hydroxylation sites is 2. The van der Waals surface area contributed by atoms with Gasteiger partial charge in [-0.3, -0.25) is 19.7 Å². The lowest BCUT2D eigenvalue weighted by atomic mass is 10.2. The lowest BCUT2D eigenvalue weighted by Gasteiger charge is -2.06. The molecule has 3 aromatic rings. The zero-order valence-electron chi connectivity index (χ0n) is 14.9. The van der Waals surface area contributed by atoms with Crippen molar-refractivity contribution in [2.75, 3.05) is 11.9 Å². The number of nitro benzene ring substituents is 1. The topological polar surface area (TPSA) is 114 Å². The molecule has 0 unspecified atom stereocenters.